The van der Waals surface area contributed by atoms with Crippen molar-refractivity contribution in [1.29, 1.82) is 0 Å². The predicted molar refractivity (Wildman–Crippen MR) is 119 cm³/mol. The molecular weight excluding hydrogens is 443 g/mol. The number of aromatic nitrogens is 1. The molecule has 1 saturated heterocycles. The third-order valence-corrected chi connectivity index (χ3v) is 7.47. The van der Waals surface area contributed by atoms with Crippen molar-refractivity contribution in [3.8, 4) is 11.5 Å². The molecule has 0 bridgehead atoms. The summed E-state index contributed by atoms with van der Waals surface area (Å²) in [7, 11) is -3.92. The summed E-state index contributed by atoms with van der Waals surface area (Å²) in [6, 6.07) is 13.2. The monoisotopic (exact) mass is 464 g/mol. The van der Waals surface area contributed by atoms with Crippen LogP contribution in [0.1, 0.15) is 20.3 Å². The minimum absolute atomic E-state index is 0.0963. The molecule has 158 valence electrons. The first-order valence-electron chi connectivity index (χ1n) is 9.77. The van der Waals surface area contributed by atoms with Gasteiger partial charge in [-0.05, 0) is 54.7 Å². The van der Waals surface area contributed by atoms with Crippen molar-refractivity contribution in [3.63, 3.8) is 0 Å². The number of piperidine rings is 1. The second-order valence-corrected chi connectivity index (χ2v) is 10.6. The first-order chi connectivity index (χ1) is 14.3. The van der Waals surface area contributed by atoms with Crippen LogP contribution >= 0.6 is 23.2 Å². The zero-order valence-electron chi connectivity index (χ0n) is 16.7. The maximum absolute atomic E-state index is 13.5. The molecule has 1 aliphatic rings. The van der Waals surface area contributed by atoms with Crippen molar-refractivity contribution in [3.05, 3.63) is 58.6 Å². The Hall–Kier alpha value is -2.02. The molecule has 2 heterocycles. The Bertz CT molecular complexity index is 1150. The molecule has 0 radical (unpaired) electrons. The van der Waals surface area contributed by atoms with Crippen molar-refractivity contribution in [2.24, 2.45) is 11.8 Å². The van der Waals surface area contributed by atoms with E-state index in [4.69, 9.17) is 27.6 Å². The topological polar surface area (TPSA) is 63.4 Å². The van der Waals surface area contributed by atoms with Crippen molar-refractivity contribution in [2.75, 3.05) is 18.0 Å². The molecule has 0 N–H and O–H groups in total. The van der Waals surface area contributed by atoms with Gasteiger partial charge in [0.15, 0.2) is 0 Å². The van der Waals surface area contributed by atoms with E-state index >= 15 is 0 Å². The van der Waals surface area contributed by atoms with Crippen molar-refractivity contribution >= 4 is 38.9 Å². The molecule has 2 unspecified atom stereocenters. The Kier molecular flexibility index (Phi) is 5.84. The van der Waals surface area contributed by atoms with E-state index in [1.165, 1.54) is 12.1 Å². The van der Waals surface area contributed by atoms with Crippen LogP contribution in [0.4, 0.5) is 5.88 Å². The van der Waals surface area contributed by atoms with Gasteiger partial charge >= 0.3 is 0 Å². The number of rotatable bonds is 4. The van der Waals surface area contributed by atoms with Crippen molar-refractivity contribution in [1.82, 2.24) is 4.98 Å². The second kappa shape index (κ2) is 8.25. The summed E-state index contributed by atoms with van der Waals surface area (Å²) in [5.74, 6) is 1.27. The van der Waals surface area contributed by atoms with Crippen LogP contribution in [-0.2, 0) is 9.84 Å². The number of halogens is 2. The number of anilines is 1. The lowest BCUT2D eigenvalue weighted by molar-refractivity contribution is 0.342. The SMILES string of the molecule is CC1CC(C)CN(c2oc(-c3ccccc3Cl)nc2S(=O)(=O)c2ccc(Cl)cc2)C1. The fraction of sp³-hybridized carbons (Fsp3) is 0.318. The molecule has 0 aliphatic carbocycles. The summed E-state index contributed by atoms with van der Waals surface area (Å²) in [5, 5.41) is 0.812. The number of nitrogens with zero attached hydrogens (tertiary/aromatic N) is 2. The molecule has 2 aromatic carbocycles. The van der Waals surface area contributed by atoms with Gasteiger partial charge in [-0.1, -0.05) is 49.2 Å². The number of sulfone groups is 1. The van der Waals surface area contributed by atoms with E-state index in [0.717, 1.165) is 6.42 Å². The summed E-state index contributed by atoms with van der Waals surface area (Å²) >= 11 is 12.3. The molecule has 1 fully saturated rings. The van der Waals surface area contributed by atoms with E-state index in [-0.39, 0.29) is 21.7 Å². The summed E-state index contributed by atoms with van der Waals surface area (Å²) in [5.41, 5.74) is 0.552. The minimum atomic E-state index is -3.92. The van der Waals surface area contributed by atoms with Crippen molar-refractivity contribution < 1.29 is 12.8 Å². The average Bonchev–Trinajstić information content (AvgIpc) is 3.14. The number of hydrogen-bond donors (Lipinski definition) is 0. The van der Waals surface area contributed by atoms with Gasteiger partial charge in [-0.15, -0.1) is 0 Å². The van der Waals surface area contributed by atoms with E-state index < -0.39 is 9.84 Å². The Morgan fingerprint density at radius 2 is 1.63 bits per heavy atom. The predicted octanol–water partition coefficient (Wildman–Crippen LogP) is 5.96. The largest absolute Gasteiger partial charge is 0.419 e. The van der Waals surface area contributed by atoms with E-state index in [9.17, 15) is 8.42 Å². The number of oxazole rings is 1. The molecule has 0 saturated carbocycles. The maximum atomic E-state index is 13.5. The van der Waals surface area contributed by atoms with Gasteiger partial charge in [0.25, 0.3) is 0 Å². The molecular formula is C22H22Cl2N2O3S. The summed E-state index contributed by atoms with van der Waals surface area (Å²) in [6.45, 7) is 5.71. The van der Waals surface area contributed by atoms with Crippen molar-refractivity contribution in [2.45, 2.75) is 30.2 Å². The average molecular weight is 465 g/mol. The van der Waals surface area contributed by atoms with E-state index in [2.05, 4.69) is 18.8 Å². The van der Waals surface area contributed by atoms with Crippen LogP contribution in [0.2, 0.25) is 10.0 Å². The molecule has 1 aromatic heterocycles. The standard InChI is InChI=1S/C22H22Cl2N2O3S/c1-14-11-15(2)13-26(12-14)22-21(30(27,28)17-9-7-16(23)8-10-17)25-20(29-22)18-5-3-4-6-19(18)24/h3-10,14-15H,11-13H2,1-2H3. The van der Waals surface area contributed by atoms with Gasteiger partial charge in [0, 0.05) is 18.1 Å². The lowest BCUT2D eigenvalue weighted by Gasteiger charge is -2.34. The highest BCUT2D eigenvalue weighted by atomic mass is 35.5. The molecule has 4 rings (SSSR count). The quantitative estimate of drug-likeness (QED) is 0.476. The Labute approximate surface area is 186 Å². The Balaban J connectivity index is 1.87. The maximum Gasteiger partial charge on any atom is 0.236 e. The zero-order chi connectivity index (χ0) is 21.5. The second-order valence-electron chi connectivity index (χ2n) is 7.92. The molecule has 30 heavy (non-hydrogen) atoms. The van der Waals surface area contributed by atoms with Gasteiger partial charge in [0.2, 0.25) is 26.6 Å². The normalized spacial score (nSPS) is 19.8. The lowest BCUT2D eigenvalue weighted by atomic mass is 9.92. The smallest absolute Gasteiger partial charge is 0.236 e. The summed E-state index contributed by atoms with van der Waals surface area (Å²) in [4.78, 5) is 6.52. The molecule has 3 aromatic rings. The zero-order valence-corrected chi connectivity index (χ0v) is 19.0. The molecule has 1 aliphatic heterocycles. The third-order valence-electron chi connectivity index (χ3n) is 5.22. The van der Waals surface area contributed by atoms with Gasteiger partial charge in [0.05, 0.1) is 15.5 Å². The molecule has 5 nitrogen and oxygen atoms in total. The lowest BCUT2D eigenvalue weighted by Crippen LogP contribution is -2.39. The molecule has 0 spiro atoms. The first-order valence-corrected chi connectivity index (χ1v) is 12.0. The molecule has 2 atom stereocenters. The van der Waals surface area contributed by atoms with Gasteiger partial charge in [0.1, 0.15) is 0 Å². The van der Waals surface area contributed by atoms with E-state index in [1.807, 2.05) is 11.0 Å². The number of benzene rings is 2. The number of hydrogen-bond acceptors (Lipinski definition) is 5. The van der Waals surface area contributed by atoms with Crippen LogP contribution < -0.4 is 4.90 Å². The fourth-order valence-electron chi connectivity index (χ4n) is 3.98. The van der Waals surface area contributed by atoms with Crippen LogP contribution in [0.3, 0.4) is 0 Å². The molecule has 8 heteroatoms. The molecule has 0 amide bonds. The third kappa shape index (κ3) is 4.09. The van der Waals surface area contributed by atoms with Gasteiger partial charge in [-0.2, -0.15) is 4.98 Å². The van der Waals surface area contributed by atoms with E-state index in [0.29, 0.717) is 40.5 Å². The van der Waals surface area contributed by atoms with Crippen LogP contribution in [0, 0.1) is 11.8 Å². The van der Waals surface area contributed by atoms with Crippen LogP contribution in [-0.4, -0.2) is 26.5 Å². The Morgan fingerprint density at radius 1 is 1.00 bits per heavy atom. The van der Waals surface area contributed by atoms with E-state index in [1.54, 1.807) is 30.3 Å². The first kappa shape index (κ1) is 21.2. The Morgan fingerprint density at radius 3 is 2.27 bits per heavy atom. The highest BCUT2D eigenvalue weighted by molar-refractivity contribution is 7.91. The van der Waals surface area contributed by atoms with Gasteiger partial charge in [-0.3, -0.25) is 0 Å². The highest BCUT2D eigenvalue weighted by Crippen LogP contribution is 2.38. The van der Waals surface area contributed by atoms with Gasteiger partial charge < -0.3 is 9.32 Å². The fourth-order valence-corrected chi connectivity index (χ4v) is 5.64. The van der Waals surface area contributed by atoms with Crippen LogP contribution in [0.15, 0.2) is 62.9 Å². The van der Waals surface area contributed by atoms with Crippen LogP contribution in [0.25, 0.3) is 11.5 Å². The highest BCUT2D eigenvalue weighted by Gasteiger charge is 2.34. The van der Waals surface area contributed by atoms with Crippen LogP contribution in [0.5, 0.6) is 0 Å². The minimum Gasteiger partial charge on any atom is -0.419 e. The summed E-state index contributed by atoms with van der Waals surface area (Å²) in [6.07, 6.45) is 1.08. The van der Waals surface area contributed by atoms with Gasteiger partial charge in [-0.25, -0.2) is 8.42 Å². The summed E-state index contributed by atoms with van der Waals surface area (Å²) < 4.78 is 33.0.